The Labute approximate surface area is 198 Å². The molecule has 0 bridgehead atoms. The third kappa shape index (κ3) is 4.71. The van der Waals surface area contributed by atoms with Crippen LogP contribution >= 0.6 is 11.3 Å². The third-order valence-corrected chi connectivity index (χ3v) is 10.7. The van der Waals surface area contributed by atoms with Crippen molar-refractivity contribution in [3.05, 3.63) is 40.3 Å². The summed E-state index contributed by atoms with van der Waals surface area (Å²) in [6.45, 7) is 0.231. The molecule has 0 saturated carbocycles. The number of nitrogens with zero attached hydrogens (tertiary/aromatic N) is 2. The van der Waals surface area contributed by atoms with Crippen LogP contribution in [0.3, 0.4) is 0 Å². The Kier molecular flexibility index (Phi) is 6.64. The van der Waals surface area contributed by atoms with Gasteiger partial charge in [-0.25, -0.2) is 16.8 Å². The molecule has 1 aliphatic heterocycles. The maximum atomic E-state index is 13.1. The molecule has 0 spiro atoms. The first-order valence-corrected chi connectivity index (χ1v) is 14.9. The fourth-order valence-corrected chi connectivity index (χ4v) is 8.77. The molecule has 1 fully saturated rings. The van der Waals surface area contributed by atoms with Crippen LogP contribution in [0, 0.1) is 17.2 Å². The molecular formula is C22H25N3O5S3. The van der Waals surface area contributed by atoms with Crippen molar-refractivity contribution in [1.82, 2.24) is 4.31 Å². The number of aryl methyl sites for hydroxylation is 1. The van der Waals surface area contributed by atoms with Crippen molar-refractivity contribution in [2.75, 3.05) is 24.7 Å². The van der Waals surface area contributed by atoms with Crippen LogP contribution in [-0.4, -0.2) is 46.4 Å². The number of piperidine rings is 1. The molecule has 1 saturated heterocycles. The summed E-state index contributed by atoms with van der Waals surface area (Å²) in [5, 5.41) is 13.1. The lowest BCUT2D eigenvalue weighted by Crippen LogP contribution is -2.41. The van der Waals surface area contributed by atoms with Gasteiger partial charge in [0.05, 0.1) is 10.5 Å². The van der Waals surface area contributed by atoms with E-state index in [1.165, 1.54) is 44.8 Å². The minimum Gasteiger partial charge on any atom is -0.316 e. The minimum absolute atomic E-state index is 0.116. The highest BCUT2D eigenvalue weighted by molar-refractivity contribution is 7.93. The van der Waals surface area contributed by atoms with Gasteiger partial charge in [-0.15, -0.1) is 11.3 Å². The van der Waals surface area contributed by atoms with E-state index < -0.39 is 19.9 Å². The van der Waals surface area contributed by atoms with E-state index in [4.69, 9.17) is 0 Å². The smallest absolute Gasteiger partial charge is 0.244 e. The van der Waals surface area contributed by atoms with Gasteiger partial charge in [-0.05, 0) is 56.2 Å². The number of sulfone groups is 1. The van der Waals surface area contributed by atoms with Gasteiger partial charge < -0.3 is 5.32 Å². The molecule has 1 amide bonds. The summed E-state index contributed by atoms with van der Waals surface area (Å²) in [7, 11) is -7.73. The van der Waals surface area contributed by atoms with Gasteiger partial charge in [0.25, 0.3) is 0 Å². The first-order valence-electron chi connectivity index (χ1n) is 10.8. The van der Waals surface area contributed by atoms with E-state index in [2.05, 4.69) is 11.4 Å². The quantitative estimate of drug-likeness (QED) is 0.663. The van der Waals surface area contributed by atoms with Crippen LogP contribution in [0.4, 0.5) is 5.00 Å². The van der Waals surface area contributed by atoms with Crippen molar-refractivity contribution >= 4 is 42.1 Å². The zero-order chi connectivity index (χ0) is 23.8. The van der Waals surface area contributed by atoms with Gasteiger partial charge in [-0.2, -0.15) is 9.57 Å². The average Bonchev–Trinajstić information content (AvgIpc) is 3.15. The zero-order valence-electron chi connectivity index (χ0n) is 18.2. The van der Waals surface area contributed by atoms with Crippen LogP contribution in [0.25, 0.3) is 0 Å². The number of fused-ring (bicyclic) bond motifs is 1. The summed E-state index contributed by atoms with van der Waals surface area (Å²) < 4.78 is 51.7. The van der Waals surface area contributed by atoms with E-state index in [0.29, 0.717) is 23.4 Å². The van der Waals surface area contributed by atoms with Crippen LogP contribution in [0.1, 0.15) is 41.7 Å². The van der Waals surface area contributed by atoms with E-state index in [1.54, 1.807) is 0 Å². The van der Waals surface area contributed by atoms with E-state index in [-0.39, 0.29) is 34.7 Å². The van der Waals surface area contributed by atoms with Gasteiger partial charge >= 0.3 is 0 Å². The molecule has 2 aliphatic rings. The van der Waals surface area contributed by atoms with Crippen molar-refractivity contribution in [1.29, 1.82) is 5.26 Å². The molecule has 1 aliphatic carbocycles. The lowest BCUT2D eigenvalue weighted by Gasteiger charge is -2.30. The Morgan fingerprint density at radius 1 is 1.09 bits per heavy atom. The number of hydrogen-bond donors (Lipinski definition) is 1. The molecule has 1 aromatic carbocycles. The van der Waals surface area contributed by atoms with Gasteiger partial charge in [-0.1, -0.05) is 12.1 Å². The van der Waals surface area contributed by atoms with Gasteiger partial charge in [0, 0.05) is 30.1 Å². The summed E-state index contributed by atoms with van der Waals surface area (Å²) in [6.07, 6.45) is 5.53. The van der Waals surface area contributed by atoms with E-state index in [9.17, 15) is 26.9 Å². The van der Waals surface area contributed by atoms with Gasteiger partial charge in [0.2, 0.25) is 15.9 Å². The molecule has 0 radical (unpaired) electrons. The van der Waals surface area contributed by atoms with Crippen molar-refractivity contribution in [3.63, 3.8) is 0 Å². The molecule has 0 atom stereocenters. The van der Waals surface area contributed by atoms with Crippen LogP contribution in [0.5, 0.6) is 0 Å². The maximum Gasteiger partial charge on any atom is 0.244 e. The lowest BCUT2D eigenvalue weighted by molar-refractivity contribution is -0.120. The van der Waals surface area contributed by atoms with Gasteiger partial charge in [-0.3, -0.25) is 4.79 Å². The molecule has 11 heteroatoms. The topological polar surface area (TPSA) is 124 Å². The number of benzene rings is 1. The molecule has 1 aromatic heterocycles. The number of rotatable bonds is 5. The highest BCUT2D eigenvalue weighted by Crippen LogP contribution is 2.38. The van der Waals surface area contributed by atoms with Crippen molar-refractivity contribution in [3.8, 4) is 6.07 Å². The SMILES string of the molecule is CS(=O)(=O)c1ccccc1S(=O)(=O)N1CCC(C(=O)Nc2sc3c(c2C#N)CCCC3)CC1. The molecular weight excluding hydrogens is 482 g/mol. The van der Waals surface area contributed by atoms with Crippen molar-refractivity contribution < 1.29 is 21.6 Å². The predicted octanol–water partition coefficient (Wildman–Crippen LogP) is 2.94. The third-order valence-electron chi connectivity index (χ3n) is 6.21. The highest BCUT2D eigenvalue weighted by Gasteiger charge is 2.35. The molecule has 1 N–H and O–H groups in total. The lowest BCUT2D eigenvalue weighted by atomic mass is 9.95. The molecule has 176 valence electrons. The summed E-state index contributed by atoms with van der Waals surface area (Å²) in [4.78, 5) is 13.6. The van der Waals surface area contributed by atoms with E-state index >= 15 is 0 Å². The predicted molar refractivity (Wildman–Crippen MR) is 125 cm³/mol. The molecule has 8 nitrogen and oxygen atoms in total. The van der Waals surface area contributed by atoms with Crippen LogP contribution < -0.4 is 5.32 Å². The first-order chi connectivity index (χ1) is 15.6. The average molecular weight is 508 g/mol. The molecule has 33 heavy (non-hydrogen) atoms. The number of carbonyl (C=O) groups excluding carboxylic acids is 1. The maximum absolute atomic E-state index is 13.1. The number of amides is 1. The number of thiophene rings is 1. The standard InChI is InChI=1S/C22H25N3O5S3/c1-32(27,28)19-8-4-5-9-20(19)33(29,30)25-12-10-15(11-13-25)21(26)24-22-17(14-23)16-6-2-3-7-18(16)31-22/h4-5,8-9,15H,2-3,6-7,10-13H2,1H3,(H,24,26). The second-order valence-electron chi connectivity index (χ2n) is 8.41. The van der Waals surface area contributed by atoms with Gasteiger partial charge in [0.1, 0.15) is 16.0 Å². The van der Waals surface area contributed by atoms with E-state index in [0.717, 1.165) is 37.5 Å². The van der Waals surface area contributed by atoms with Gasteiger partial charge in [0.15, 0.2) is 9.84 Å². The Morgan fingerprint density at radius 3 is 2.36 bits per heavy atom. The molecule has 2 aromatic rings. The number of hydrogen-bond acceptors (Lipinski definition) is 7. The van der Waals surface area contributed by atoms with Crippen LogP contribution in [0.2, 0.25) is 0 Å². The monoisotopic (exact) mass is 507 g/mol. The Bertz CT molecular complexity index is 1330. The van der Waals surface area contributed by atoms with E-state index in [1.807, 2.05) is 0 Å². The number of carbonyl (C=O) groups is 1. The fraction of sp³-hybridized carbons (Fsp3) is 0.455. The second kappa shape index (κ2) is 9.18. The number of anilines is 1. The highest BCUT2D eigenvalue weighted by atomic mass is 32.2. The van der Waals surface area contributed by atoms with Crippen molar-refractivity contribution in [2.24, 2.45) is 5.92 Å². The number of sulfonamides is 1. The first kappa shape index (κ1) is 23.9. The summed E-state index contributed by atoms with van der Waals surface area (Å²) in [5.41, 5.74) is 1.61. The second-order valence-corrected chi connectivity index (χ2v) is 13.4. The summed E-state index contributed by atoms with van der Waals surface area (Å²) >= 11 is 1.47. The molecule has 2 heterocycles. The zero-order valence-corrected chi connectivity index (χ0v) is 20.7. The largest absolute Gasteiger partial charge is 0.316 e. The normalized spacial score (nSPS) is 17.8. The fourth-order valence-electron chi connectivity index (χ4n) is 4.45. The number of nitrogens with one attached hydrogen (secondary N) is 1. The molecule has 0 unspecified atom stereocenters. The van der Waals surface area contributed by atoms with Crippen molar-refractivity contribution in [2.45, 2.75) is 48.3 Å². The summed E-state index contributed by atoms with van der Waals surface area (Å²) in [5.74, 6) is -0.592. The van der Waals surface area contributed by atoms with Crippen LogP contribution in [-0.2, 0) is 37.5 Å². The Balaban J connectivity index is 1.46. The Hall–Kier alpha value is -2.26. The minimum atomic E-state index is -4.02. The number of nitriles is 1. The molecule has 4 rings (SSSR count). The Morgan fingerprint density at radius 2 is 1.73 bits per heavy atom. The summed E-state index contributed by atoms with van der Waals surface area (Å²) in [6, 6.07) is 7.80. The van der Waals surface area contributed by atoms with Crippen LogP contribution in [0.15, 0.2) is 34.1 Å².